The van der Waals surface area contributed by atoms with Gasteiger partial charge in [0.25, 0.3) is 0 Å². The van der Waals surface area contributed by atoms with Gasteiger partial charge in [0, 0.05) is 10.2 Å². The summed E-state index contributed by atoms with van der Waals surface area (Å²) in [6, 6.07) is 7.54. The number of aromatic nitrogens is 2. The maximum Gasteiger partial charge on any atom is 0.240 e. The van der Waals surface area contributed by atoms with E-state index in [9.17, 15) is 0 Å². The van der Waals surface area contributed by atoms with E-state index in [0.717, 1.165) is 20.4 Å². The smallest absolute Gasteiger partial charge is 0.240 e. The zero-order chi connectivity index (χ0) is 14.1. The number of anilines is 3. The van der Waals surface area contributed by atoms with E-state index in [-0.39, 0.29) is 0 Å². The first-order valence-electron chi connectivity index (χ1n) is 5.61. The fourth-order valence-electron chi connectivity index (χ4n) is 1.73. The Morgan fingerprint density at radius 1 is 1.25 bits per heavy atom. The number of rotatable bonds is 3. The lowest BCUT2D eigenvalue weighted by atomic mass is 10.3. The molecule has 0 aliphatic rings. The van der Waals surface area contributed by atoms with Crippen LogP contribution in [0.25, 0.3) is 10.2 Å². The van der Waals surface area contributed by atoms with Crippen molar-refractivity contribution in [2.45, 2.75) is 0 Å². The van der Waals surface area contributed by atoms with Crippen molar-refractivity contribution in [1.82, 2.24) is 9.97 Å². The molecule has 0 saturated heterocycles. The highest BCUT2D eigenvalue weighted by atomic mass is 79.9. The Bertz CT molecular complexity index is 776. The highest BCUT2D eigenvalue weighted by molar-refractivity contribution is 9.10. The Kier molecular flexibility index (Phi) is 3.75. The summed E-state index contributed by atoms with van der Waals surface area (Å²) in [6.07, 6.45) is 0. The van der Waals surface area contributed by atoms with Crippen LogP contribution in [0.5, 0.6) is 0 Å². The topological polar surface area (TPSA) is 75.9 Å². The molecule has 0 amide bonds. The van der Waals surface area contributed by atoms with E-state index in [2.05, 4.69) is 36.6 Å². The van der Waals surface area contributed by atoms with E-state index >= 15 is 0 Å². The zero-order valence-corrected chi connectivity index (χ0v) is 13.2. The van der Waals surface area contributed by atoms with Crippen molar-refractivity contribution in [1.29, 1.82) is 0 Å². The van der Waals surface area contributed by atoms with Gasteiger partial charge in [-0.1, -0.05) is 11.6 Å². The minimum Gasteiger partial charge on any atom is -0.339 e. The Hall–Kier alpha value is -1.41. The van der Waals surface area contributed by atoms with Crippen molar-refractivity contribution in [2.75, 3.05) is 10.7 Å². The van der Waals surface area contributed by atoms with Gasteiger partial charge in [-0.3, -0.25) is 5.43 Å². The van der Waals surface area contributed by atoms with E-state index in [1.165, 1.54) is 11.3 Å². The van der Waals surface area contributed by atoms with Gasteiger partial charge in [-0.15, -0.1) is 11.3 Å². The highest BCUT2D eigenvalue weighted by Gasteiger charge is 2.09. The number of fused-ring (bicyclic) bond motifs is 1. The number of nitrogens with one attached hydrogen (secondary N) is 2. The first kappa shape index (κ1) is 13.6. The summed E-state index contributed by atoms with van der Waals surface area (Å²) in [5, 5.41) is 6.81. The van der Waals surface area contributed by atoms with Gasteiger partial charge in [0.05, 0.1) is 10.4 Å². The minimum atomic E-state index is 0.371. The lowest BCUT2D eigenvalue weighted by molar-refractivity contribution is 1.16. The van der Waals surface area contributed by atoms with Gasteiger partial charge in [0.15, 0.2) is 0 Å². The molecule has 2 aromatic heterocycles. The van der Waals surface area contributed by atoms with Crippen molar-refractivity contribution < 1.29 is 0 Å². The molecule has 8 heteroatoms. The van der Waals surface area contributed by atoms with Crippen molar-refractivity contribution in [3.63, 3.8) is 0 Å². The molecule has 2 heterocycles. The van der Waals surface area contributed by atoms with Crippen LogP contribution in [0.15, 0.2) is 34.1 Å². The summed E-state index contributed by atoms with van der Waals surface area (Å²) in [7, 11) is 0. The number of benzene rings is 1. The summed E-state index contributed by atoms with van der Waals surface area (Å²) in [6.45, 7) is 0. The third-order valence-corrected chi connectivity index (χ3v) is 4.66. The average molecular weight is 371 g/mol. The molecule has 3 aromatic rings. The third-order valence-electron chi connectivity index (χ3n) is 2.64. The fourth-order valence-corrected chi connectivity index (χ4v) is 2.99. The molecule has 5 nitrogen and oxygen atoms in total. The quantitative estimate of drug-likeness (QED) is 0.477. The molecule has 3 rings (SSSR count). The standard InChI is InChI=1S/C12H9BrClN5S/c13-8-5-6(1-2-9(8)14)16-10-7-3-4-20-11(7)18-12(17-10)19-15/h1-5H,15H2,(H2,16,17,18,19). The van der Waals surface area contributed by atoms with E-state index in [4.69, 9.17) is 17.4 Å². The van der Waals surface area contributed by atoms with Crippen LogP contribution in [0.2, 0.25) is 5.02 Å². The molecule has 0 atom stereocenters. The number of hydrogen-bond donors (Lipinski definition) is 3. The van der Waals surface area contributed by atoms with Crippen LogP contribution >= 0.6 is 38.9 Å². The number of nitrogens with zero attached hydrogens (tertiary/aromatic N) is 2. The van der Waals surface area contributed by atoms with E-state index in [1.54, 1.807) is 0 Å². The normalized spacial score (nSPS) is 10.8. The summed E-state index contributed by atoms with van der Waals surface area (Å²) in [5.74, 6) is 6.46. The van der Waals surface area contributed by atoms with Crippen molar-refractivity contribution >= 4 is 66.5 Å². The summed E-state index contributed by atoms with van der Waals surface area (Å²) >= 11 is 10.9. The molecule has 0 saturated carbocycles. The molecule has 20 heavy (non-hydrogen) atoms. The van der Waals surface area contributed by atoms with E-state index in [0.29, 0.717) is 16.8 Å². The fraction of sp³-hybridized carbons (Fsp3) is 0. The van der Waals surface area contributed by atoms with Gasteiger partial charge >= 0.3 is 0 Å². The number of hydrazine groups is 1. The molecule has 1 aromatic carbocycles. The zero-order valence-electron chi connectivity index (χ0n) is 10.0. The second-order valence-corrected chi connectivity index (χ2v) is 6.09. The number of hydrogen-bond acceptors (Lipinski definition) is 6. The summed E-state index contributed by atoms with van der Waals surface area (Å²) in [4.78, 5) is 9.49. The molecule has 0 bridgehead atoms. The molecule has 0 spiro atoms. The monoisotopic (exact) mass is 369 g/mol. The maximum atomic E-state index is 5.98. The first-order chi connectivity index (χ1) is 9.67. The number of nitrogens with two attached hydrogens (primary N) is 1. The molecule has 0 aliphatic carbocycles. The molecule has 0 radical (unpaired) electrons. The van der Waals surface area contributed by atoms with Crippen LogP contribution in [-0.4, -0.2) is 9.97 Å². The average Bonchev–Trinajstić information content (AvgIpc) is 2.91. The van der Waals surface area contributed by atoms with Gasteiger partial charge in [-0.05, 0) is 45.6 Å². The molecule has 4 N–H and O–H groups in total. The molecule has 0 aliphatic heterocycles. The van der Waals surface area contributed by atoms with Gasteiger partial charge in [-0.25, -0.2) is 10.8 Å². The Labute approximate surface area is 132 Å². The predicted molar refractivity (Wildman–Crippen MR) is 87.7 cm³/mol. The van der Waals surface area contributed by atoms with Crippen molar-refractivity contribution in [3.8, 4) is 0 Å². The van der Waals surface area contributed by atoms with Crippen LogP contribution in [0.4, 0.5) is 17.5 Å². The molecule has 102 valence electrons. The minimum absolute atomic E-state index is 0.371. The Balaban J connectivity index is 2.04. The van der Waals surface area contributed by atoms with Gasteiger partial charge in [-0.2, -0.15) is 4.98 Å². The van der Waals surface area contributed by atoms with Crippen LogP contribution in [0, 0.1) is 0 Å². The second-order valence-electron chi connectivity index (χ2n) is 3.93. The van der Waals surface area contributed by atoms with Gasteiger partial charge < -0.3 is 5.32 Å². The molecular formula is C12H9BrClN5S. The largest absolute Gasteiger partial charge is 0.339 e. The van der Waals surface area contributed by atoms with E-state index in [1.807, 2.05) is 29.6 Å². The summed E-state index contributed by atoms with van der Waals surface area (Å²) < 4.78 is 0.817. The van der Waals surface area contributed by atoms with E-state index < -0.39 is 0 Å². The van der Waals surface area contributed by atoms with Crippen LogP contribution in [0.1, 0.15) is 0 Å². The summed E-state index contributed by atoms with van der Waals surface area (Å²) in [5.41, 5.74) is 3.34. The number of thiophene rings is 1. The molecular weight excluding hydrogens is 362 g/mol. The molecule has 0 fully saturated rings. The predicted octanol–water partition coefficient (Wildman–Crippen LogP) is 4.14. The third kappa shape index (κ3) is 2.57. The highest BCUT2D eigenvalue weighted by Crippen LogP contribution is 2.31. The number of halogens is 2. The van der Waals surface area contributed by atoms with Crippen LogP contribution in [-0.2, 0) is 0 Å². The van der Waals surface area contributed by atoms with Crippen molar-refractivity contribution in [3.05, 3.63) is 39.1 Å². The Morgan fingerprint density at radius 3 is 2.85 bits per heavy atom. The molecule has 0 unspecified atom stereocenters. The SMILES string of the molecule is NNc1nc(Nc2ccc(Cl)c(Br)c2)c2ccsc2n1. The lowest BCUT2D eigenvalue weighted by Crippen LogP contribution is -2.11. The number of nitrogen functional groups attached to an aromatic ring is 1. The van der Waals surface area contributed by atoms with Gasteiger partial charge in [0.1, 0.15) is 10.6 Å². The van der Waals surface area contributed by atoms with Gasteiger partial charge in [0.2, 0.25) is 5.95 Å². The first-order valence-corrected chi connectivity index (χ1v) is 7.66. The maximum absolute atomic E-state index is 5.98. The van der Waals surface area contributed by atoms with Crippen LogP contribution in [0.3, 0.4) is 0 Å². The van der Waals surface area contributed by atoms with Crippen LogP contribution < -0.4 is 16.6 Å². The Morgan fingerprint density at radius 2 is 2.10 bits per heavy atom. The lowest BCUT2D eigenvalue weighted by Gasteiger charge is -2.09. The van der Waals surface area contributed by atoms with Crippen molar-refractivity contribution in [2.24, 2.45) is 5.84 Å². The second kappa shape index (κ2) is 5.53.